The maximum atomic E-state index is 12.4. The van der Waals surface area contributed by atoms with Crippen molar-refractivity contribution in [2.24, 2.45) is 0 Å². The van der Waals surface area contributed by atoms with Crippen LogP contribution in [0.4, 0.5) is 16.2 Å². The highest BCUT2D eigenvalue weighted by Crippen LogP contribution is 2.31. The van der Waals surface area contributed by atoms with Crippen LogP contribution in [0.5, 0.6) is 0 Å². The molecule has 2 rings (SSSR count). The summed E-state index contributed by atoms with van der Waals surface area (Å²) < 4.78 is 5.43. The molecule has 0 aromatic heterocycles. The lowest BCUT2D eigenvalue weighted by Crippen LogP contribution is -2.49. The van der Waals surface area contributed by atoms with Gasteiger partial charge < -0.3 is 10.1 Å². The van der Waals surface area contributed by atoms with Crippen molar-refractivity contribution in [2.45, 2.75) is 51.8 Å². The summed E-state index contributed by atoms with van der Waals surface area (Å²) in [4.78, 5) is 24.8. The molecule has 1 fully saturated rings. The molecule has 1 unspecified atom stereocenters. The van der Waals surface area contributed by atoms with Crippen molar-refractivity contribution in [3.8, 4) is 6.07 Å². The second-order valence-electron chi connectivity index (χ2n) is 6.90. The van der Waals surface area contributed by atoms with E-state index in [9.17, 15) is 14.9 Å². The average Bonchev–Trinajstić information content (AvgIpc) is 2.53. The van der Waals surface area contributed by atoms with Crippen molar-refractivity contribution in [1.29, 1.82) is 5.26 Å². The van der Waals surface area contributed by atoms with Gasteiger partial charge in [-0.1, -0.05) is 6.07 Å². The van der Waals surface area contributed by atoms with Crippen molar-refractivity contribution in [3.63, 3.8) is 0 Å². The maximum Gasteiger partial charge on any atom is 0.411 e. The molecule has 8 heteroatoms. The van der Waals surface area contributed by atoms with Crippen molar-refractivity contribution in [3.05, 3.63) is 33.9 Å². The van der Waals surface area contributed by atoms with E-state index in [0.717, 1.165) is 12.8 Å². The van der Waals surface area contributed by atoms with Crippen LogP contribution in [-0.2, 0) is 4.74 Å². The fraction of sp³-hybridized carbons (Fsp3) is 0.529. The van der Waals surface area contributed by atoms with E-state index in [2.05, 4.69) is 5.32 Å². The molecule has 0 bridgehead atoms. The molecule has 0 radical (unpaired) electrons. The second kappa shape index (κ2) is 7.38. The second-order valence-corrected chi connectivity index (χ2v) is 6.90. The van der Waals surface area contributed by atoms with E-state index in [1.807, 2.05) is 6.07 Å². The number of piperidine rings is 1. The average molecular weight is 346 g/mol. The molecule has 0 saturated carbocycles. The summed E-state index contributed by atoms with van der Waals surface area (Å²) in [5, 5.41) is 23.5. The number of amides is 1. The minimum atomic E-state index is -0.619. The summed E-state index contributed by atoms with van der Waals surface area (Å²) in [5.41, 5.74) is -0.690. The smallest absolute Gasteiger partial charge is 0.411 e. The molecule has 0 aliphatic carbocycles. The third-order valence-corrected chi connectivity index (χ3v) is 3.79. The summed E-state index contributed by atoms with van der Waals surface area (Å²) in [7, 11) is 0. The number of carbonyl (C=O) groups excluding carboxylic acids is 1. The Balaban J connectivity index is 2.27. The van der Waals surface area contributed by atoms with Gasteiger partial charge in [0.2, 0.25) is 0 Å². The molecular weight excluding hydrogens is 324 g/mol. The van der Waals surface area contributed by atoms with E-state index in [4.69, 9.17) is 10.00 Å². The van der Waals surface area contributed by atoms with Gasteiger partial charge in [0.05, 0.1) is 4.92 Å². The van der Waals surface area contributed by atoms with Crippen LogP contribution in [-0.4, -0.2) is 34.2 Å². The molecule has 1 aromatic rings. The zero-order valence-corrected chi connectivity index (χ0v) is 14.6. The SMILES string of the molecule is CC(C)(C)OC(=O)N1CCCCC1Nc1cccc(C#N)c1[N+](=O)[O-]. The predicted octanol–water partition coefficient (Wildman–Crippen LogP) is 3.63. The van der Waals surface area contributed by atoms with Crippen LogP contribution in [0.1, 0.15) is 45.6 Å². The Hall–Kier alpha value is -2.82. The highest BCUT2D eigenvalue weighted by molar-refractivity contribution is 5.72. The minimum Gasteiger partial charge on any atom is -0.444 e. The number of nitriles is 1. The number of hydrogen-bond donors (Lipinski definition) is 1. The maximum absolute atomic E-state index is 12.4. The van der Waals surface area contributed by atoms with Crippen molar-refractivity contribution >= 4 is 17.5 Å². The van der Waals surface area contributed by atoms with Gasteiger partial charge >= 0.3 is 11.8 Å². The highest BCUT2D eigenvalue weighted by atomic mass is 16.6. The van der Waals surface area contributed by atoms with E-state index in [-0.39, 0.29) is 16.9 Å². The molecule has 1 N–H and O–H groups in total. The molecule has 25 heavy (non-hydrogen) atoms. The minimum absolute atomic E-state index is 0.0189. The third kappa shape index (κ3) is 4.59. The molecule has 1 aliphatic rings. The van der Waals surface area contributed by atoms with Crippen molar-refractivity contribution in [1.82, 2.24) is 4.90 Å². The molecule has 1 aliphatic heterocycles. The van der Waals surface area contributed by atoms with Gasteiger partial charge in [0, 0.05) is 6.54 Å². The van der Waals surface area contributed by atoms with Crippen LogP contribution < -0.4 is 5.32 Å². The number of ether oxygens (including phenoxy) is 1. The monoisotopic (exact) mass is 346 g/mol. The van der Waals surface area contributed by atoms with Gasteiger partial charge in [-0.3, -0.25) is 15.0 Å². The number of likely N-dealkylation sites (tertiary alicyclic amines) is 1. The number of nitro groups is 1. The standard InChI is InChI=1S/C17H22N4O4/c1-17(2,3)25-16(22)20-10-5-4-9-14(20)19-13-8-6-7-12(11-18)15(13)21(23)24/h6-8,14,19H,4-5,9-10H2,1-3H3. The summed E-state index contributed by atoms with van der Waals surface area (Å²) >= 11 is 0. The molecule has 8 nitrogen and oxygen atoms in total. The fourth-order valence-electron chi connectivity index (χ4n) is 2.75. The van der Waals surface area contributed by atoms with Gasteiger partial charge in [-0.15, -0.1) is 0 Å². The number of nitrogens with zero attached hydrogens (tertiary/aromatic N) is 3. The Bertz CT molecular complexity index is 706. The lowest BCUT2D eigenvalue weighted by Gasteiger charge is -2.37. The normalized spacial score (nSPS) is 17.5. The first-order valence-electron chi connectivity index (χ1n) is 8.16. The van der Waals surface area contributed by atoms with Gasteiger partial charge in [0.1, 0.15) is 29.1 Å². The Kier molecular flexibility index (Phi) is 5.47. The highest BCUT2D eigenvalue weighted by Gasteiger charge is 2.32. The first-order valence-corrected chi connectivity index (χ1v) is 8.16. The number of nitro benzene ring substituents is 1. The van der Waals surface area contributed by atoms with E-state index in [1.165, 1.54) is 6.07 Å². The molecule has 1 atom stereocenters. The van der Waals surface area contributed by atoms with Gasteiger partial charge in [-0.25, -0.2) is 4.79 Å². The van der Waals surface area contributed by atoms with Crippen LogP contribution >= 0.6 is 0 Å². The number of nitrogens with one attached hydrogen (secondary N) is 1. The molecule has 1 saturated heterocycles. The van der Waals surface area contributed by atoms with Crippen molar-refractivity contribution < 1.29 is 14.5 Å². The summed E-state index contributed by atoms with van der Waals surface area (Å²) in [5.74, 6) is 0. The van der Waals surface area contributed by atoms with Crippen LogP contribution in [0.25, 0.3) is 0 Å². The number of benzene rings is 1. The lowest BCUT2D eigenvalue weighted by atomic mass is 10.1. The van der Waals surface area contributed by atoms with Gasteiger partial charge in [-0.2, -0.15) is 5.26 Å². The zero-order valence-electron chi connectivity index (χ0n) is 14.6. The van der Waals surface area contributed by atoms with Crippen LogP contribution in [0.2, 0.25) is 0 Å². The Morgan fingerprint density at radius 1 is 1.44 bits per heavy atom. The predicted molar refractivity (Wildman–Crippen MR) is 92.0 cm³/mol. The number of carbonyl (C=O) groups is 1. The zero-order chi connectivity index (χ0) is 18.6. The Morgan fingerprint density at radius 2 is 2.16 bits per heavy atom. The Labute approximate surface area is 146 Å². The van der Waals surface area contributed by atoms with E-state index < -0.39 is 22.8 Å². The number of para-hydroxylation sites is 1. The number of anilines is 1. The van der Waals surface area contributed by atoms with Gasteiger partial charge in [0.15, 0.2) is 0 Å². The molecular formula is C17H22N4O4. The molecule has 134 valence electrons. The Morgan fingerprint density at radius 3 is 2.76 bits per heavy atom. The van der Waals surface area contributed by atoms with E-state index in [1.54, 1.807) is 37.8 Å². The molecule has 1 amide bonds. The number of hydrogen-bond acceptors (Lipinski definition) is 6. The van der Waals surface area contributed by atoms with E-state index in [0.29, 0.717) is 13.0 Å². The summed E-state index contributed by atoms with van der Waals surface area (Å²) in [6.07, 6.45) is 1.51. The first-order chi connectivity index (χ1) is 11.7. The fourth-order valence-corrected chi connectivity index (χ4v) is 2.75. The molecule has 1 aromatic carbocycles. The first kappa shape index (κ1) is 18.5. The van der Waals surface area contributed by atoms with Gasteiger partial charge in [-0.05, 0) is 52.2 Å². The largest absolute Gasteiger partial charge is 0.444 e. The summed E-state index contributed by atoms with van der Waals surface area (Å²) in [6.45, 7) is 5.88. The van der Waals surface area contributed by atoms with Crippen LogP contribution in [0, 0.1) is 21.4 Å². The molecule has 0 spiro atoms. The lowest BCUT2D eigenvalue weighted by molar-refractivity contribution is -0.384. The van der Waals surface area contributed by atoms with Gasteiger partial charge in [0.25, 0.3) is 0 Å². The van der Waals surface area contributed by atoms with Crippen LogP contribution in [0.15, 0.2) is 18.2 Å². The van der Waals surface area contributed by atoms with Crippen molar-refractivity contribution in [2.75, 3.05) is 11.9 Å². The quantitative estimate of drug-likeness (QED) is 0.661. The third-order valence-electron chi connectivity index (χ3n) is 3.79. The summed E-state index contributed by atoms with van der Waals surface area (Å²) in [6, 6.07) is 6.35. The van der Waals surface area contributed by atoms with Crippen LogP contribution in [0.3, 0.4) is 0 Å². The molecule has 1 heterocycles. The van der Waals surface area contributed by atoms with E-state index >= 15 is 0 Å². The topological polar surface area (TPSA) is 108 Å². The number of rotatable bonds is 3.